The Balaban J connectivity index is 2.49. The molecule has 0 atom stereocenters. The van der Waals surface area contributed by atoms with Crippen LogP contribution < -0.4 is 10.5 Å². The fraction of sp³-hybridized carbons (Fsp3) is 0.176. The third kappa shape index (κ3) is 4.11. The Morgan fingerprint density at radius 3 is 2.12 bits per heavy atom. The van der Waals surface area contributed by atoms with Crippen LogP contribution in [0.1, 0.15) is 50.6 Å². The summed E-state index contributed by atoms with van der Waals surface area (Å²) >= 11 is 0. The van der Waals surface area contributed by atoms with Crippen LogP contribution in [0.15, 0.2) is 30.5 Å². The highest BCUT2D eigenvalue weighted by molar-refractivity contribution is 6.12. The Labute approximate surface area is 142 Å². The van der Waals surface area contributed by atoms with Crippen molar-refractivity contribution in [3.63, 3.8) is 0 Å². The smallest absolute Gasteiger partial charge is 0.337 e. The zero-order valence-corrected chi connectivity index (χ0v) is 13.5. The van der Waals surface area contributed by atoms with Crippen LogP contribution in [0.5, 0.6) is 5.75 Å². The Hall–Kier alpha value is -3.42. The lowest BCUT2D eigenvalue weighted by atomic mass is 10.0. The summed E-state index contributed by atoms with van der Waals surface area (Å²) < 4.78 is 5.47. The number of nitrogen functional groups attached to an aromatic ring is 1. The number of carbonyl (C=O) groups excluding carboxylic acids is 1. The Morgan fingerprint density at radius 1 is 1.00 bits per heavy atom. The van der Waals surface area contributed by atoms with Crippen LogP contribution in [0.2, 0.25) is 0 Å². The molecular weight excluding hydrogens is 328 g/mol. The maximum absolute atomic E-state index is 12.6. The molecule has 0 unspecified atom stereocenters. The second-order valence-corrected chi connectivity index (χ2v) is 5.51. The average molecular weight is 344 g/mol. The predicted octanol–water partition coefficient (Wildman–Crippen LogP) is 2.08. The van der Waals surface area contributed by atoms with E-state index in [0.29, 0.717) is 0 Å². The molecule has 0 saturated carbocycles. The number of carboxylic acid groups (broad SMARTS) is 2. The molecule has 0 aliphatic rings. The highest BCUT2D eigenvalue weighted by Gasteiger charge is 2.19. The SMILES string of the molecule is CC(C)Oc1cc(C(=O)O)cc(C(=O)c2ncc(C(=O)O)cc2N)c1. The summed E-state index contributed by atoms with van der Waals surface area (Å²) in [5.74, 6) is -2.85. The quantitative estimate of drug-likeness (QED) is 0.677. The second-order valence-electron chi connectivity index (χ2n) is 5.51. The number of hydrogen-bond donors (Lipinski definition) is 3. The van der Waals surface area contributed by atoms with E-state index in [9.17, 15) is 19.5 Å². The molecule has 25 heavy (non-hydrogen) atoms. The van der Waals surface area contributed by atoms with Gasteiger partial charge in [0.25, 0.3) is 0 Å². The van der Waals surface area contributed by atoms with Gasteiger partial charge >= 0.3 is 11.9 Å². The molecule has 2 rings (SSSR count). The van der Waals surface area contributed by atoms with Gasteiger partial charge in [-0.15, -0.1) is 0 Å². The van der Waals surface area contributed by atoms with Crippen molar-refractivity contribution in [2.24, 2.45) is 0 Å². The first-order valence-corrected chi connectivity index (χ1v) is 7.27. The number of carbonyl (C=O) groups is 3. The lowest BCUT2D eigenvalue weighted by molar-refractivity contribution is 0.0685. The third-order valence-electron chi connectivity index (χ3n) is 3.17. The fourth-order valence-corrected chi connectivity index (χ4v) is 2.12. The fourth-order valence-electron chi connectivity index (χ4n) is 2.12. The highest BCUT2D eigenvalue weighted by Crippen LogP contribution is 2.23. The summed E-state index contributed by atoms with van der Waals surface area (Å²) in [6.45, 7) is 3.53. The van der Waals surface area contributed by atoms with E-state index >= 15 is 0 Å². The number of ketones is 1. The number of hydrogen-bond acceptors (Lipinski definition) is 6. The van der Waals surface area contributed by atoms with Crippen LogP contribution in [0.25, 0.3) is 0 Å². The molecule has 1 aromatic carbocycles. The van der Waals surface area contributed by atoms with Crippen LogP contribution in [0.4, 0.5) is 5.69 Å². The van der Waals surface area contributed by atoms with Gasteiger partial charge in [0.15, 0.2) is 0 Å². The Morgan fingerprint density at radius 2 is 1.60 bits per heavy atom. The van der Waals surface area contributed by atoms with Crippen LogP contribution in [0, 0.1) is 0 Å². The minimum absolute atomic E-state index is 0.0258. The van der Waals surface area contributed by atoms with Gasteiger partial charge in [-0.25, -0.2) is 14.6 Å². The topological polar surface area (TPSA) is 140 Å². The normalized spacial score (nSPS) is 10.5. The van der Waals surface area contributed by atoms with Crippen LogP contribution in [-0.4, -0.2) is 39.0 Å². The van der Waals surface area contributed by atoms with Gasteiger partial charge in [0.2, 0.25) is 5.78 Å². The molecule has 0 saturated heterocycles. The number of anilines is 1. The van der Waals surface area contributed by atoms with Gasteiger partial charge in [0.1, 0.15) is 11.4 Å². The van der Waals surface area contributed by atoms with Gasteiger partial charge in [-0.3, -0.25) is 4.79 Å². The van der Waals surface area contributed by atoms with E-state index < -0.39 is 17.7 Å². The number of ether oxygens (including phenoxy) is 1. The van der Waals surface area contributed by atoms with E-state index in [1.165, 1.54) is 18.2 Å². The van der Waals surface area contributed by atoms with E-state index in [0.717, 1.165) is 12.3 Å². The van der Waals surface area contributed by atoms with E-state index in [-0.39, 0.29) is 39.9 Å². The molecule has 1 aromatic heterocycles. The number of nitrogens with zero attached hydrogens (tertiary/aromatic N) is 1. The summed E-state index contributed by atoms with van der Waals surface area (Å²) in [5, 5.41) is 18.1. The largest absolute Gasteiger partial charge is 0.491 e. The number of benzene rings is 1. The molecule has 4 N–H and O–H groups in total. The summed E-state index contributed by atoms with van der Waals surface area (Å²) in [4.78, 5) is 38.6. The van der Waals surface area contributed by atoms with E-state index in [1.807, 2.05) is 0 Å². The maximum atomic E-state index is 12.6. The van der Waals surface area contributed by atoms with Gasteiger partial charge in [-0.1, -0.05) is 0 Å². The predicted molar refractivity (Wildman–Crippen MR) is 88.2 cm³/mol. The van der Waals surface area contributed by atoms with Gasteiger partial charge < -0.3 is 20.7 Å². The number of aromatic carboxylic acids is 2. The number of carboxylic acids is 2. The number of pyridine rings is 1. The Bertz CT molecular complexity index is 860. The van der Waals surface area contributed by atoms with Gasteiger partial charge in [0.05, 0.1) is 22.9 Å². The molecule has 0 bridgehead atoms. The number of nitrogens with two attached hydrogens (primary N) is 1. The molecule has 8 nitrogen and oxygen atoms in total. The zero-order chi connectivity index (χ0) is 18.7. The van der Waals surface area contributed by atoms with Gasteiger partial charge in [0, 0.05) is 11.8 Å². The third-order valence-corrected chi connectivity index (χ3v) is 3.17. The lowest BCUT2D eigenvalue weighted by Gasteiger charge is -2.12. The molecule has 0 fully saturated rings. The zero-order valence-electron chi connectivity index (χ0n) is 13.5. The van der Waals surface area contributed by atoms with Crippen molar-refractivity contribution in [3.05, 3.63) is 52.8 Å². The van der Waals surface area contributed by atoms with Crippen molar-refractivity contribution in [3.8, 4) is 5.75 Å². The first kappa shape index (κ1) is 17.9. The average Bonchev–Trinajstić information content (AvgIpc) is 2.53. The Kier molecular flexibility index (Phi) is 5.02. The van der Waals surface area contributed by atoms with Crippen molar-refractivity contribution in [2.45, 2.75) is 20.0 Å². The standard InChI is InChI=1S/C17H16N2O6/c1-8(2)25-12-4-9(3-10(5-12)16(21)22)15(20)14-13(18)6-11(7-19-14)17(23)24/h3-8H,18H2,1-2H3,(H,21,22)(H,23,24). The molecule has 1 heterocycles. The van der Waals surface area contributed by atoms with Gasteiger partial charge in [-0.05, 0) is 38.1 Å². The first-order valence-electron chi connectivity index (χ1n) is 7.27. The molecule has 2 aromatic rings. The van der Waals surface area contributed by atoms with Crippen LogP contribution in [0.3, 0.4) is 0 Å². The van der Waals surface area contributed by atoms with E-state index in [1.54, 1.807) is 13.8 Å². The monoisotopic (exact) mass is 344 g/mol. The number of aromatic nitrogens is 1. The molecule has 8 heteroatoms. The minimum Gasteiger partial charge on any atom is -0.491 e. The molecule has 0 aliphatic carbocycles. The summed E-state index contributed by atoms with van der Waals surface area (Å²) in [7, 11) is 0. The molecule has 0 spiro atoms. The lowest BCUT2D eigenvalue weighted by Crippen LogP contribution is -2.12. The highest BCUT2D eigenvalue weighted by atomic mass is 16.5. The van der Waals surface area contributed by atoms with Crippen molar-refractivity contribution in [1.82, 2.24) is 4.98 Å². The van der Waals surface area contributed by atoms with E-state index in [2.05, 4.69) is 4.98 Å². The van der Waals surface area contributed by atoms with E-state index in [4.69, 9.17) is 15.6 Å². The summed E-state index contributed by atoms with van der Waals surface area (Å²) in [5.41, 5.74) is 5.19. The van der Waals surface area contributed by atoms with Gasteiger partial charge in [-0.2, -0.15) is 0 Å². The summed E-state index contributed by atoms with van der Waals surface area (Å²) in [6, 6.07) is 5.00. The van der Waals surface area contributed by atoms with Crippen LogP contribution >= 0.6 is 0 Å². The molecule has 0 aliphatic heterocycles. The second kappa shape index (κ2) is 7.00. The van der Waals surface area contributed by atoms with Crippen molar-refractivity contribution in [2.75, 3.05) is 5.73 Å². The van der Waals surface area contributed by atoms with Crippen molar-refractivity contribution in [1.29, 1.82) is 0 Å². The molecule has 130 valence electrons. The molecule has 0 radical (unpaired) electrons. The minimum atomic E-state index is -1.22. The molecular formula is C17H16N2O6. The molecule has 0 amide bonds. The number of rotatable bonds is 6. The summed E-state index contributed by atoms with van der Waals surface area (Å²) in [6.07, 6.45) is 0.795. The van der Waals surface area contributed by atoms with Crippen molar-refractivity contribution < 1.29 is 29.3 Å². The first-order chi connectivity index (χ1) is 11.7. The van der Waals surface area contributed by atoms with Crippen molar-refractivity contribution >= 4 is 23.4 Å². The maximum Gasteiger partial charge on any atom is 0.337 e. The van der Waals surface area contributed by atoms with Crippen LogP contribution in [-0.2, 0) is 0 Å².